The molecule has 2 nitrogen and oxygen atoms in total. The van der Waals surface area contributed by atoms with E-state index in [1.54, 1.807) is 11.3 Å². The van der Waals surface area contributed by atoms with Crippen LogP contribution in [0.3, 0.4) is 0 Å². The molecule has 2 rings (SSSR count). The first kappa shape index (κ1) is 12.8. The second-order valence-corrected chi connectivity index (χ2v) is 6.94. The van der Waals surface area contributed by atoms with Crippen molar-refractivity contribution < 1.29 is 9.53 Å². The number of carbonyl (C=O) groups is 1. The second kappa shape index (κ2) is 3.92. The van der Waals surface area contributed by atoms with Crippen molar-refractivity contribution in [2.45, 2.75) is 52.2 Å². The average Bonchev–Trinajstić information content (AvgIpc) is 2.66. The third-order valence-corrected chi connectivity index (χ3v) is 4.51. The van der Waals surface area contributed by atoms with Gasteiger partial charge in [-0.05, 0) is 58.0 Å². The maximum Gasteiger partial charge on any atom is 0.179 e. The number of ether oxygens (including phenoxy) is 1. The van der Waals surface area contributed by atoms with Gasteiger partial charge in [0.1, 0.15) is 0 Å². The summed E-state index contributed by atoms with van der Waals surface area (Å²) in [6.45, 7) is 10.2. The molecule has 2 heterocycles. The molecule has 1 fully saturated rings. The monoisotopic (exact) mass is 252 g/mol. The lowest BCUT2D eigenvalue weighted by Crippen LogP contribution is -2.33. The zero-order valence-corrected chi connectivity index (χ0v) is 12.0. The highest BCUT2D eigenvalue weighted by Crippen LogP contribution is 2.44. The van der Waals surface area contributed by atoms with Crippen LogP contribution in [0.4, 0.5) is 0 Å². The highest BCUT2D eigenvalue weighted by molar-refractivity contribution is 7.12. The minimum absolute atomic E-state index is 0.0325. The van der Waals surface area contributed by atoms with Gasteiger partial charge in [-0.1, -0.05) is 0 Å². The summed E-state index contributed by atoms with van der Waals surface area (Å²) in [7, 11) is 0. The van der Waals surface area contributed by atoms with Crippen molar-refractivity contribution in [1.29, 1.82) is 0 Å². The number of rotatable bonds is 2. The normalized spacial score (nSPS) is 26.1. The Labute approximate surface area is 107 Å². The van der Waals surface area contributed by atoms with Crippen LogP contribution in [-0.2, 0) is 4.74 Å². The van der Waals surface area contributed by atoms with Crippen molar-refractivity contribution in [2.75, 3.05) is 0 Å². The Balaban J connectivity index is 2.30. The Morgan fingerprint density at radius 3 is 2.47 bits per heavy atom. The molecule has 3 heteroatoms. The summed E-state index contributed by atoms with van der Waals surface area (Å²) >= 11 is 1.54. The van der Waals surface area contributed by atoms with Crippen molar-refractivity contribution >= 4 is 17.1 Å². The van der Waals surface area contributed by atoms with E-state index in [2.05, 4.69) is 13.8 Å². The van der Waals surface area contributed by atoms with E-state index in [-0.39, 0.29) is 22.9 Å². The number of carbonyl (C=O) groups excluding carboxylic acids is 1. The summed E-state index contributed by atoms with van der Waals surface area (Å²) in [6.07, 6.45) is 0.802. The molecule has 0 bridgehead atoms. The molecule has 1 aliphatic heterocycles. The number of aryl methyl sites for hydroxylation is 1. The van der Waals surface area contributed by atoms with Gasteiger partial charge in [0.15, 0.2) is 5.78 Å². The molecule has 0 spiro atoms. The first-order valence-electron chi connectivity index (χ1n) is 6.01. The van der Waals surface area contributed by atoms with Gasteiger partial charge in [0.05, 0.1) is 22.0 Å². The Morgan fingerprint density at radius 1 is 1.41 bits per heavy atom. The Kier molecular flexibility index (Phi) is 2.95. The fraction of sp³-hybridized carbons (Fsp3) is 0.643. The van der Waals surface area contributed by atoms with E-state index in [0.717, 1.165) is 16.9 Å². The predicted octanol–water partition coefficient (Wildman–Crippen LogP) is 3.83. The molecule has 0 radical (unpaired) electrons. The maximum absolute atomic E-state index is 12.6. The molecule has 1 atom stereocenters. The van der Waals surface area contributed by atoms with Crippen molar-refractivity contribution in [1.82, 2.24) is 0 Å². The molecule has 0 amide bonds. The lowest BCUT2D eigenvalue weighted by molar-refractivity contribution is -0.0712. The van der Waals surface area contributed by atoms with Crippen molar-refractivity contribution in [3.8, 4) is 0 Å². The third-order valence-electron chi connectivity index (χ3n) is 3.48. The number of Topliss-reactive ketones (excluding diaryl/α,β-unsaturated/α-hetero) is 1. The number of thiophene rings is 1. The summed E-state index contributed by atoms with van der Waals surface area (Å²) in [5.74, 6) is 0.211. The van der Waals surface area contributed by atoms with E-state index < -0.39 is 0 Å². The van der Waals surface area contributed by atoms with Crippen molar-refractivity contribution in [2.24, 2.45) is 5.92 Å². The Bertz CT molecular complexity index is 443. The molecule has 0 saturated carbocycles. The van der Waals surface area contributed by atoms with E-state index in [0.29, 0.717) is 0 Å². The van der Waals surface area contributed by atoms with E-state index in [4.69, 9.17) is 4.74 Å². The van der Waals surface area contributed by atoms with Gasteiger partial charge in [-0.2, -0.15) is 0 Å². The standard InChI is InChI=1S/C14H20O2S/c1-9-6-7-17-12(9)11(15)10-8-13(2,3)16-14(10,4)5/h6-7,10H,8H2,1-5H3. The summed E-state index contributed by atoms with van der Waals surface area (Å²) in [4.78, 5) is 13.5. The number of ketones is 1. The smallest absolute Gasteiger partial charge is 0.179 e. The average molecular weight is 252 g/mol. The van der Waals surface area contributed by atoms with Gasteiger partial charge in [-0.3, -0.25) is 4.79 Å². The molecule has 94 valence electrons. The van der Waals surface area contributed by atoms with Gasteiger partial charge in [-0.25, -0.2) is 0 Å². The molecule has 17 heavy (non-hydrogen) atoms. The summed E-state index contributed by atoms with van der Waals surface area (Å²) in [5, 5.41) is 1.98. The summed E-state index contributed by atoms with van der Waals surface area (Å²) in [6, 6.07) is 2.01. The zero-order chi connectivity index (χ0) is 12.8. The molecular formula is C14H20O2S. The predicted molar refractivity (Wildman–Crippen MR) is 70.7 cm³/mol. The fourth-order valence-corrected chi connectivity index (χ4v) is 3.67. The van der Waals surface area contributed by atoms with Gasteiger partial charge in [0.2, 0.25) is 0 Å². The molecular weight excluding hydrogens is 232 g/mol. The van der Waals surface area contributed by atoms with Crippen LogP contribution in [0.2, 0.25) is 0 Å². The quantitative estimate of drug-likeness (QED) is 0.748. The second-order valence-electron chi connectivity index (χ2n) is 6.02. The van der Waals surface area contributed by atoms with Crippen LogP contribution in [0.25, 0.3) is 0 Å². The molecule has 1 aromatic rings. The van der Waals surface area contributed by atoms with E-state index >= 15 is 0 Å². The lowest BCUT2D eigenvalue weighted by Gasteiger charge is -2.26. The first-order valence-corrected chi connectivity index (χ1v) is 6.89. The summed E-state index contributed by atoms with van der Waals surface area (Å²) < 4.78 is 5.99. The molecule has 0 aromatic carbocycles. The Hall–Kier alpha value is -0.670. The SMILES string of the molecule is Cc1ccsc1C(=O)C1CC(C)(C)OC1(C)C. The third kappa shape index (κ3) is 2.31. The minimum atomic E-state index is -0.364. The van der Waals surface area contributed by atoms with E-state index in [1.807, 2.05) is 32.2 Å². The molecule has 1 saturated heterocycles. The maximum atomic E-state index is 12.6. The van der Waals surface area contributed by atoms with Gasteiger partial charge >= 0.3 is 0 Å². The van der Waals surface area contributed by atoms with Crippen LogP contribution in [0.1, 0.15) is 49.4 Å². The minimum Gasteiger partial charge on any atom is -0.369 e. The van der Waals surface area contributed by atoms with Crippen molar-refractivity contribution in [3.63, 3.8) is 0 Å². The van der Waals surface area contributed by atoms with Crippen LogP contribution in [0, 0.1) is 12.8 Å². The highest BCUT2D eigenvalue weighted by Gasteiger charge is 2.49. The molecule has 1 unspecified atom stereocenters. The van der Waals surface area contributed by atoms with Gasteiger partial charge in [-0.15, -0.1) is 11.3 Å². The van der Waals surface area contributed by atoms with Gasteiger partial charge < -0.3 is 4.74 Å². The van der Waals surface area contributed by atoms with E-state index in [1.165, 1.54) is 0 Å². The van der Waals surface area contributed by atoms with E-state index in [9.17, 15) is 4.79 Å². The highest BCUT2D eigenvalue weighted by atomic mass is 32.1. The number of hydrogen-bond donors (Lipinski definition) is 0. The van der Waals surface area contributed by atoms with Crippen LogP contribution < -0.4 is 0 Å². The Morgan fingerprint density at radius 2 is 2.06 bits per heavy atom. The largest absolute Gasteiger partial charge is 0.369 e. The fourth-order valence-electron chi connectivity index (χ4n) is 2.75. The molecule has 1 aromatic heterocycles. The van der Waals surface area contributed by atoms with Crippen LogP contribution in [-0.4, -0.2) is 17.0 Å². The van der Waals surface area contributed by atoms with Gasteiger partial charge in [0, 0.05) is 0 Å². The molecule has 1 aliphatic rings. The van der Waals surface area contributed by atoms with Crippen LogP contribution >= 0.6 is 11.3 Å². The molecule has 0 N–H and O–H groups in total. The lowest BCUT2D eigenvalue weighted by atomic mass is 9.83. The number of hydrogen-bond acceptors (Lipinski definition) is 3. The van der Waals surface area contributed by atoms with Gasteiger partial charge in [0.25, 0.3) is 0 Å². The topological polar surface area (TPSA) is 26.3 Å². The van der Waals surface area contributed by atoms with Crippen LogP contribution in [0.15, 0.2) is 11.4 Å². The van der Waals surface area contributed by atoms with Crippen LogP contribution in [0.5, 0.6) is 0 Å². The van der Waals surface area contributed by atoms with Crippen molar-refractivity contribution in [3.05, 3.63) is 21.9 Å². The summed E-state index contributed by atoms with van der Waals surface area (Å²) in [5.41, 5.74) is 0.520. The zero-order valence-electron chi connectivity index (χ0n) is 11.2. The first-order chi connectivity index (χ1) is 7.73. The molecule has 0 aliphatic carbocycles.